The standard InChI is InChI=1S/C23H24N4O/c1-18-21(16-24-17-25-18)23(28)27-14-12-26(13-15-27)22(19-8-4-2-5-9-19)20-10-6-3-7-11-20/h2-11,16-17,22H,12-15H2,1H3. The lowest BCUT2D eigenvalue weighted by atomic mass is 9.96. The molecule has 4 rings (SSSR count). The fourth-order valence-electron chi connectivity index (χ4n) is 3.84. The van der Waals surface area contributed by atoms with Crippen LogP contribution < -0.4 is 0 Å². The molecule has 1 fully saturated rings. The van der Waals surface area contributed by atoms with Crippen LogP contribution in [0.3, 0.4) is 0 Å². The maximum Gasteiger partial charge on any atom is 0.257 e. The summed E-state index contributed by atoms with van der Waals surface area (Å²) in [4.78, 5) is 25.4. The zero-order valence-corrected chi connectivity index (χ0v) is 16.0. The van der Waals surface area contributed by atoms with E-state index in [0.29, 0.717) is 18.7 Å². The van der Waals surface area contributed by atoms with E-state index in [9.17, 15) is 4.79 Å². The number of rotatable bonds is 4. The molecule has 0 N–H and O–H groups in total. The number of aromatic nitrogens is 2. The number of hydrogen-bond donors (Lipinski definition) is 0. The first-order chi connectivity index (χ1) is 13.7. The van der Waals surface area contributed by atoms with Crippen molar-refractivity contribution in [1.82, 2.24) is 19.8 Å². The Morgan fingerprint density at radius 2 is 1.46 bits per heavy atom. The second-order valence-electron chi connectivity index (χ2n) is 7.07. The maximum atomic E-state index is 12.9. The van der Waals surface area contributed by atoms with Crippen molar-refractivity contribution in [2.24, 2.45) is 0 Å². The van der Waals surface area contributed by atoms with Gasteiger partial charge in [0, 0.05) is 32.4 Å². The third-order valence-corrected chi connectivity index (χ3v) is 5.34. The second-order valence-corrected chi connectivity index (χ2v) is 7.07. The van der Waals surface area contributed by atoms with Crippen LogP contribution in [0, 0.1) is 6.92 Å². The molecule has 2 heterocycles. The molecule has 28 heavy (non-hydrogen) atoms. The first-order valence-electron chi connectivity index (χ1n) is 9.64. The van der Waals surface area contributed by atoms with Crippen LogP contribution in [0.25, 0.3) is 0 Å². The lowest BCUT2D eigenvalue weighted by Crippen LogP contribution is -2.50. The predicted octanol–water partition coefficient (Wildman–Crippen LogP) is 3.33. The molecule has 5 heteroatoms. The van der Waals surface area contributed by atoms with Crippen LogP contribution in [-0.2, 0) is 0 Å². The summed E-state index contributed by atoms with van der Waals surface area (Å²) in [6.45, 7) is 4.90. The molecule has 1 aliphatic heterocycles. The Morgan fingerprint density at radius 3 is 2.00 bits per heavy atom. The molecule has 0 saturated carbocycles. The van der Waals surface area contributed by atoms with Gasteiger partial charge in [-0.3, -0.25) is 9.69 Å². The summed E-state index contributed by atoms with van der Waals surface area (Å²) >= 11 is 0. The van der Waals surface area contributed by atoms with E-state index in [0.717, 1.165) is 18.8 Å². The van der Waals surface area contributed by atoms with Gasteiger partial charge < -0.3 is 4.90 Å². The fraction of sp³-hybridized carbons (Fsp3) is 0.261. The minimum Gasteiger partial charge on any atom is -0.336 e. The van der Waals surface area contributed by atoms with Crippen molar-refractivity contribution in [3.8, 4) is 0 Å². The molecular weight excluding hydrogens is 348 g/mol. The van der Waals surface area contributed by atoms with Crippen molar-refractivity contribution in [2.45, 2.75) is 13.0 Å². The monoisotopic (exact) mass is 372 g/mol. The molecule has 142 valence electrons. The average molecular weight is 372 g/mol. The highest BCUT2D eigenvalue weighted by Crippen LogP contribution is 2.29. The van der Waals surface area contributed by atoms with E-state index in [2.05, 4.69) is 63.4 Å². The third kappa shape index (κ3) is 3.80. The summed E-state index contributed by atoms with van der Waals surface area (Å²) in [7, 11) is 0. The van der Waals surface area contributed by atoms with Crippen molar-refractivity contribution in [3.63, 3.8) is 0 Å². The van der Waals surface area contributed by atoms with Gasteiger partial charge in [-0.2, -0.15) is 0 Å². The minimum absolute atomic E-state index is 0.0220. The highest BCUT2D eigenvalue weighted by molar-refractivity contribution is 5.94. The highest BCUT2D eigenvalue weighted by Gasteiger charge is 2.29. The summed E-state index contributed by atoms with van der Waals surface area (Å²) in [5, 5.41) is 0. The fourth-order valence-corrected chi connectivity index (χ4v) is 3.84. The highest BCUT2D eigenvalue weighted by atomic mass is 16.2. The smallest absolute Gasteiger partial charge is 0.257 e. The van der Waals surface area contributed by atoms with E-state index < -0.39 is 0 Å². The third-order valence-electron chi connectivity index (χ3n) is 5.34. The molecule has 5 nitrogen and oxygen atoms in total. The van der Waals surface area contributed by atoms with Crippen LogP contribution >= 0.6 is 0 Å². The molecule has 0 atom stereocenters. The largest absolute Gasteiger partial charge is 0.336 e. The van der Waals surface area contributed by atoms with Crippen LogP contribution in [0.4, 0.5) is 0 Å². The van der Waals surface area contributed by atoms with Gasteiger partial charge in [-0.1, -0.05) is 60.7 Å². The lowest BCUT2D eigenvalue weighted by Gasteiger charge is -2.39. The molecule has 1 saturated heterocycles. The molecule has 1 aromatic heterocycles. The maximum absolute atomic E-state index is 12.9. The second kappa shape index (κ2) is 8.31. The van der Waals surface area contributed by atoms with Crippen LogP contribution in [0.15, 0.2) is 73.2 Å². The Morgan fingerprint density at radius 1 is 0.893 bits per heavy atom. The summed E-state index contributed by atoms with van der Waals surface area (Å²) in [6, 6.07) is 21.4. The Kier molecular flexibility index (Phi) is 5.44. The SMILES string of the molecule is Cc1ncncc1C(=O)N1CCN(C(c2ccccc2)c2ccccc2)CC1. The van der Waals surface area contributed by atoms with Gasteiger partial charge in [0.15, 0.2) is 0 Å². The summed E-state index contributed by atoms with van der Waals surface area (Å²) in [5.74, 6) is 0.0220. The Labute approximate surface area is 165 Å². The number of aryl methyl sites for hydroxylation is 1. The van der Waals surface area contributed by atoms with Gasteiger partial charge in [0.1, 0.15) is 6.33 Å². The molecule has 0 unspecified atom stereocenters. The number of carbonyl (C=O) groups is 1. The van der Waals surface area contributed by atoms with Gasteiger partial charge >= 0.3 is 0 Å². The molecule has 3 aromatic rings. The van der Waals surface area contributed by atoms with Crippen molar-refractivity contribution in [1.29, 1.82) is 0 Å². The lowest BCUT2D eigenvalue weighted by molar-refractivity contribution is 0.0595. The molecule has 0 aliphatic carbocycles. The molecule has 0 bridgehead atoms. The van der Waals surface area contributed by atoms with Gasteiger partial charge in [0.25, 0.3) is 5.91 Å². The number of benzene rings is 2. The molecule has 0 radical (unpaired) electrons. The number of nitrogens with zero attached hydrogens (tertiary/aromatic N) is 4. The Bertz CT molecular complexity index is 882. The van der Waals surface area contributed by atoms with E-state index in [4.69, 9.17) is 0 Å². The quantitative estimate of drug-likeness (QED) is 0.705. The van der Waals surface area contributed by atoms with Crippen molar-refractivity contribution < 1.29 is 4.79 Å². The van der Waals surface area contributed by atoms with E-state index >= 15 is 0 Å². The average Bonchev–Trinajstić information content (AvgIpc) is 2.76. The summed E-state index contributed by atoms with van der Waals surface area (Å²) in [5.41, 5.74) is 3.88. The van der Waals surface area contributed by atoms with Crippen molar-refractivity contribution in [2.75, 3.05) is 26.2 Å². The first kappa shape index (κ1) is 18.3. The number of carbonyl (C=O) groups excluding carboxylic acids is 1. The van der Waals surface area contributed by atoms with Crippen molar-refractivity contribution in [3.05, 3.63) is 95.6 Å². The van der Waals surface area contributed by atoms with Crippen molar-refractivity contribution >= 4 is 5.91 Å². The van der Waals surface area contributed by atoms with E-state index in [1.165, 1.54) is 17.5 Å². The zero-order valence-electron chi connectivity index (χ0n) is 16.0. The van der Waals surface area contributed by atoms with Crippen LogP contribution in [-0.4, -0.2) is 51.9 Å². The molecule has 1 amide bonds. The Balaban J connectivity index is 1.52. The number of hydrogen-bond acceptors (Lipinski definition) is 4. The Hall–Kier alpha value is -3.05. The summed E-state index contributed by atoms with van der Waals surface area (Å²) < 4.78 is 0. The van der Waals surface area contributed by atoms with Gasteiger partial charge in [-0.25, -0.2) is 9.97 Å². The first-order valence-corrected chi connectivity index (χ1v) is 9.64. The van der Waals surface area contributed by atoms with Gasteiger partial charge in [-0.05, 0) is 18.1 Å². The summed E-state index contributed by atoms with van der Waals surface area (Å²) in [6.07, 6.45) is 3.10. The van der Waals surface area contributed by atoms with Crippen LogP contribution in [0.5, 0.6) is 0 Å². The molecule has 1 aliphatic rings. The molecular formula is C23H24N4O. The minimum atomic E-state index is 0.0220. The van der Waals surface area contributed by atoms with Crippen LogP contribution in [0.2, 0.25) is 0 Å². The number of amides is 1. The van der Waals surface area contributed by atoms with E-state index in [1.807, 2.05) is 24.0 Å². The van der Waals surface area contributed by atoms with Gasteiger partial charge in [0.05, 0.1) is 17.3 Å². The van der Waals surface area contributed by atoms with E-state index in [-0.39, 0.29) is 11.9 Å². The predicted molar refractivity (Wildman–Crippen MR) is 109 cm³/mol. The van der Waals surface area contributed by atoms with Gasteiger partial charge in [-0.15, -0.1) is 0 Å². The van der Waals surface area contributed by atoms with Crippen LogP contribution in [0.1, 0.15) is 33.2 Å². The molecule has 2 aromatic carbocycles. The van der Waals surface area contributed by atoms with Gasteiger partial charge in [0.2, 0.25) is 0 Å². The normalized spacial score (nSPS) is 15.0. The van der Waals surface area contributed by atoms with E-state index in [1.54, 1.807) is 6.20 Å². The molecule has 0 spiro atoms. The number of piperazine rings is 1. The topological polar surface area (TPSA) is 49.3 Å². The zero-order chi connectivity index (χ0) is 19.3.